The van der Waals surface area contributed by atoms with E-state index in [2.05, 4.69) is 19.2 Å². The van der Waals surface area contributed by atoms with Gasteiger partial charge in [0.2, 0.25) is 0 Å². The van der Waals surface area contributed by atoms with Crippen molar-refractivity contribution in [2.45, 2.75) is 26.4 Å². The Morgan fingerprint density at radius 1 is 1.16 bits per heavy atom. The molecule has 1 N–H and O–H groups in total. The van der Waals surface area contributed by atoms with Gasteiger partial charge in [-0.05, 0) is 31.0 Å². The van der Waals surface area contributed by atoms with Gasteiger partial charge in [-0.1, -0.05) is 26.0 Å². The Hall–Kier alpha value is -1.23. The molecule has 1 rings (SSSR count). The van der Waals surface area contributed by atoms with E-state index in [-0.39, 0.29) is 12.4 Å². The standard InChI is InChI=1S/C14H20F3NO/c1-11(2)7-8-18-9-10-19-13-6-4-3-5-12(13)14(15,16)17/h3-6,11,18H,7-10H2,1-2H3. The summed E-state index contributed by atoms with van der Waals surface area (Å²) in [5, 5.41) is 3.14. The van der Waals surface area contributed by atoms with Gasteiger partial charge in [-0.15, -0.1) is 0 Å². The lowest BCUT2D eigenvalue weighted by molar-refractivity contribution is -0.138. The van der Waals surface area contributed by atoms with Gasteiger partial charge in [0.05, 0.1) is 5.56 Å². The zero-order valence-electron chi connectivity index (χ0n) is 11.3. The Labute approximate surface area is 112 Å². The summed E-state index contributed by atoms with van der Waals surface area (Å²) in [4.78, 5) is 0. The first-order chi connectivity index (χ1) is 8.91. The van der Waals surface area contributed by atoms with Crippen molar-refractivity contribution in [3.8, 4) is 5.75 Å². The molecular formula is C14H20F3NO. The van der Waals surface area contributed by atoms with Crippen LogP contribution >= 0.6 is 0 Å². The second-order valence-electron chi connectivity index (χ2n) is 4.77. The number of ether oxygens (including phenoxy) is 1. The van der Waals surface area contributed by atoms with Crippen LogP contribution in [0.2, 0.25) is 0 Å². The molecule has 0 saturated heterocycles. The predicted octanol–water partition coefficient (Wildman–Crippen LogP) is 3.72. The third-order valence-corrected chi connectivity index (χ3v) is 2.63. The minimum Gasteiger partial charge on any atom is -0.492 e. The molecule has 0 aliphatic heterocycles. The molecule has 108 valence electrons. The highest BCUT2D eigenvalue weighted by Crippen LogP contribution is 2.35. The number of halogens is 3. The third-order valence-electron chi connectivity index (χ3n) is 2.63. The summed E-state index contributed by atoms with van der Waals surface area (Å²) in [6, 6.07) is 5.27. The van der Waals surface area contributed by atoms with Crippen molar-refractivity contribution in [3.63, 3.8) is 0 Å². The number of hydrogen-bond donors (Lipinski definition) is 1. The topological polar surface area (TPSA) is 21.3 Å². The first kappa shape index (κ1) is 15.8. The van der Waals surface area contributed by atoms with E-state index in [9.17, 15) is 13.2 Å². The molecule has 0 aliphatic carbocycles. The zero-order valence-corrected chi connectivity index (χ0v) is 11.3. The highest BCUT2D eigenvalue weighted by molar-refractivity contribution is 5.35. The van der Waals surface area contributed by atoms with Crippen LogP contribution in [-0.4, -0.2) is 19.7 Å². The summed E-state index contributed by atoms with van der Waals surface area (Å²) in [5.41, 5.74) is -0.725. The lowest BCUT2D eigenvalue weighted by Crippen LogP contribution is -2.23. The molecule has 0 atom stereocenters. The minimum atomic E-state index is -4.37. The van der Waals surface area contributed by atoms with Gasteiger partial charge in [0.15, 0.2) is 0 Å². The van der Waals surface area contributed by atoms with Crippen molar-refractivity contribution in [2.75, 3.05) is 19.7 Å². The number of nitrogens with one attached hydrogen (secondary N) is 1. The minimum absolute atomic E-state index is 0.111. The molecule has 1 aromatic carbocycles. The Balaban J connectivity index is 2.37. The molecule has 0 spiro atoms. The summed E-state index contributed by atoms with van der Waals surface area (Å²) in [6.45, 7) is 5.86. The van der Waals surface area contributed by atoms with Gasteiger partial charge < -0.3 is 10.1 Å². The highest BCUT2D eigenvalue weighted by Gasteiger charge is 2.33. The van der Waals surface area contributed by atoms with Crippen molar-refractivity contribution in [1.82, 2.24) is 5.32 Å². The van der Waals surface area contributed by atoms with Crippen LogP contribution in [0.25, 0.3) is 0 Å². The molecule has 1 aromatic rings. The van der Waals surface area contributed by atoms with E-state index in [1.165, 1.54) is 18.2 Å². The van der Waals surface area contributed by atoms with Crippen LogP contribution in [0.3, 0.4) is 0 Å². The molecular weight excluding hydrogens is 255 g/mol. The molecule has 5 heteroatoms. The number of rotatable bonds is 7. The molecule has 0 aliphatic rings. The molecule has 0 radical (unpaired) electrons. The molecule has 0 unspecified atom stereocenters. The van der Waals surface area contributed by atoms with Gasteiger partial charge >= 0.3 is 6.18 Å². The van der Waals surface area contributed by atoms with Gasteiger partial charge in [-0.2, -0.15) is 13.2 Å². The summed E-state index contributed by atoms with van der Waals surface area (Å²) in [5.74, 6) is 0.500. The fourth-order valence-corrected chi connectivity index (χ4v) is 1.58. The average Bonchev–Trinajstić information content (AvgIpc) is 2.32. The molecule has 0 aromatic heterocycles. The Bertz CT molecular complexity index is 377. The monoisotopic (exact) mass is 275 g/mol. The molecule has 0 bridgehead atoms. The Kier molecular flexibility index (Phi) is 6.15. The van der Waals surface area contributed by atoms with E-state index in [4.69, 9.17) is 4.74 Å². The van der Waals surface area contributed by atoms with Gasteiger partial charge in [0.1, 0.15) is 12.4 Å². The Morgan fingerprint density at radius 2 is 1.84 bits per heavy atom. The summed E-state index contributed by atoms with van der Waals surface area (Å²) < 4.78 is 43.2. The van der Waals surface area contributed by atoms with Crippen molar-refractivity contribution < 1.29 is 17.9 Å². The second-order valence-corrected chi connectivity index (χ2v) is 4.77. The van der Waals surface area contributed by atoms with Gasteiger partial charge in [0.25, 0.3) is 0 Å². The van der Waals surface area contributed by atoms with Crippen molar-refractivity contribution in [2.24, 2.45) is 5.92 Å². The van der Waals surface area contributed by atoms with E-state index < -0.39 is 11.7 Å². The number of hydrogen-bond acceptors (Lipinski definition) is 2. The first-order valence-electron chi connectivity index (χ1n) is 6.41. The van der Waals surface area contributed by atoms with Crippen LogP contribution in [0.5, 0.6) is 5.75 Å². The lowest BCUT2D eigenvalue weighted by atomic mass is 10.1. The zero-order chi connectivity index (χ0) is 14.3. The van der Waals surface area contributed by atoms with Crippen LogP contribution < -0.4 is 10.1 Å². The lowest BCUT2D eigenvalue weighted by Gasteiger charge is -2.14. The van der Waals surface area contributed by atoms with Gasteiger partial charge in [-0.25, -0.2) is 0 Å². The van der Waals surface area contributed by atoms with Crippen LogP contribution in [0.4, 0.5) is 13.2 Å². The molecule has 0 saturated carbocycles. The number of para-hydroxylation sites is 1. The van der Waals surface area contributed by atoms with Crippen LogP contribution in [0.15, 0.2) is 24.3 Å². The molecule has 0 heterocycles. The van der Waals surface area contributed by atoms with Crippen molar-refractivity contribution >= 4 is 0 Å². The molecule has 19 heavy (non-hydrogen) atoms. The summed E-state index contributed by atoms with van der Waals surface area (Å²) >= 11 is 0. The summed E-state index contributed by atoms with van der Waals surface area (Å²) in [6.07, 6.45) is -3.33. The third kappa shape index (κ3) is 5.96. The van der Waals surface area contributed by atoms with Crippen molar-refractivity contribution in [3.05, 3.63) is 29.8 Å². The molecule has 2 nitrogen and oxygen atoms in total. The van der Waals surface area contributed by atoms with E-state index in [0.29, 0.717) is 12.5 Å². The van der Waals surface area contributed by atoms with Gasteiger partial charge in [-0.3, -0.25) is 0 Å². The number of benzene rings is 1. The predicted molar refractivity (Wildman–Crippen MR) is 69.3 cm³/mol. The molecule has 0 fully saturated rings. The van der Waals surface area contributed by atoms with Crippen LogP contribution in [-0.2, 0) is 6.18 Å². The second kappa shape index (κ2) is 7.38. The largest absolute Gasteiger partial charge is 0.492 e. The summed E-state index contributed by atoms with van der Waals surface area (Å²) in [7, 11) is 0. The van der Waals surface area contributed by atoms with E-state index in [1.807, 2.05) is 0 Å². The fourth-order valence-electron chi connectivity index (χ4n) is 1.58. The quantitative estimate of drug-likeness (QED) is 0.766. The van der Waals surface area contributed by atoms with Crippen molar-refractivity contribution in [1.29, 1.82) is 0 Å². The normalized spacial score (nSPS) is 11.9. The molecule has 0 amide bonds. The smallest absolute Gasteiger partial charge is 0.419 e. The van der Waals surface area contributed by atoms with E-state index in [0.717, 1.165) is 19.0 Å². The van der Waals surface area contributed by atoms with Crippen LogP contribution in [0.1, 0.15) is 25.8 Å². The van der Waals surface area contributed by atoms with Gasteiger partial charge in [0, 0.05) is 6.54 Å². The maximum atomic E-state index is 12.7. The Morgan fingerprint density at radius 3 is 2.47 bits per heavy atom. The van der Waals surface area contributed by atoms with Crippen LogP contribution in [0, 0.1) is 5.92 Å². The first-order valence-corrected chi connectivity index (χ1v) is 6.41. The number of alkyl halides is 3. The average molecular weight is 275 g/mol. The SMILES string of the molecule is CC(C)CCNCCOc1ccccc1C(F)(F)F. The van der Waals surface area contributed by atoms with E-state index >= 15 is 0 Å². The maximum Gasteiger partial charge on any atom is 0.419 e. The maximum absolute atomic E-state index is 12.7. The van der Waals surface area contributed by atoms with E-state index in [1.54, 1.807) is 0 Å². The highest BCUT2D eigenvalue weighted by atomic mass is 19.4. The fraction of sp³-hybridized carbons (Fsp3) is 0.571.